The van der Waals surface area contributed by atoms with E-state index >= 15 is 0 Å². The van der Waals surface area contributed by atoms with Crippen LogP contribution in [0.3, 0.4) is 0 Å². The predicted molar refractivity (Wildman–Crippen MR) is 82.6 cm³/mol. The minimum atomic E-state index is -3.80. The lowest BCUT2D eigenvalue weighted by atomic mass is 9.82. The zero-order valence-electron chi connectivity index (χ0n) is 13.7. The van der Waals surface area contributed by atoms with Crippen LogP contribution >= 0.6 is 0 Å². The van der Waals surface area contributed by atoms with E-state index in [9.17, 15) is 22.0 Å². The smallest absolute Gasteiger partial charge is 0.264 e. The maximum Gasteiger partial charge on any atom is 0.264 e. The topological polar surface area (TPSA) is 110 Å². The van der Waals surface area contributed by atoms with Crippen LogP contribution in [0.2, 0.25) is 0 Å². The number of amides is 1. The summed E-state index contributed by atoms with van der Waals surface area (Å²) in [5.74, 6) is 1.40. The van der Waals surface area contributed by atoms with Crippen LogP contribution < -0.4 is 5.48 Å². The molecule has 0 aromatic carbocycles. The number of carbonyl (C=O) groups is 1. The molecule has 1 amide bonds. The zero-order chi connectivity index (χ0) is 18.9. The van der Waals surface area contributed by atoms with Gasteiger partial charge in [-0.1, -0.05) is 11.1 Å². The Hall–Kier alpha value is -1.99. The number of aromatic nitrogens is 1. The summed E-state index contributed by atoms with van der Waals surface area (Å²) < 4.78 is 52.3. The number of carbonyl (C=O) groups excluding carboxylic acids is 1. The summed E-state index contributed by atoms with van der Waals surface area (Å²) in [7, 11) is -3.80. The molecule has 0 spiro atoms. The minimum absolute atomic E-state index is 0.0870. The third-order valence-electron chi connectivity index (χ3n) is 4.31. The number of rotatable bonds is 5. The second kappa shape index (κ2) is 6.72. The fraction of sp³-hybridized carbons (Fsp3) is 0.600. The van der Waals surface area contributed by atoms with Gasteiger partial charge in [0.05, 0.1) is 5.69 Å². The average Bonchev–Trinajstić information content (AvgIpc) is 2.94. The Kier molecular flexibility index (Phi) is 5.20. The first kappa shape index (κ1) is 19.3. The van der Waals surface area contributed by atoms with Gasteiger partial charge in [-0.3, -0.25) is 10.0 Å². The van der Waals surface area contributed by atoms with Crippen molar-refractivity contribution in [2.75, 3.05) is 6.26 Å². The SMILES string of the molecule is CC(CCc1cc(C#CC2CC(F)(F)C2)on1)(C(=O)NO)S(C)(=O)=O. The number of hydrogen-bond acceptors (Lipinski definition) is 6. The Morgan fingerprint density at radius 1 is 1.56 bits per heavy atom. The second-order valence-electron chi connectivity index (χ2n) is 6.36. The Labute approximate surface area is 143 Å². The molecule has 2 N–H and O–H groups in total. The first-order valence-corrected chi connectivity index (χ1v) is 9.35. The van der Waals surface area contributed by atoms with Crippen molar-refractivity contribution in [1.82, 2.24) is 10.6 Å². The number of halogens is 2. The highest BCUT2D eigenvalue weighted by molar-refractivity contribution is 7.92. The van der Waals surface area contributed by atoms with Gasteiger partial charge in [-0.25, -0.2) is 22.7 Å². The van der Waals surface area contributed by atoms with Crippen molar-refractivity contribution in [3.63, 3.8) is 0 Å². The van der Waals surface area contributed by atoms with Gasteiger partial charge in [0.25, 0.3) is 11.8 Å². The molecule has 1 aromatic heterocycles. The predicted octanol–water partition coefficient (Wildman–Crippen LogP) is 1.31. The maximum absolute atomic E-state index is 12.7. The summed E-state index contributed by atoms with van der Waals surface area (Å²) in [5, 5.41) is 12.5. The summed E-state index contributed by atoms with van der Waals surface area (Å²) in [6.07, 6.45) is 0.306. The Morgan fingerprint density at radius 3 is 2.72 bits per heavy atom. The van der Waals surface area contributed by atoms with Gasteiger partial charge < -0.3 is 4.52 Å². The van der Waals surface area contributed by atoms with Crippen molar-refractivity contribution in [2.24, 2.45) is 5.92 Å². The van der Waals surface area contributed by atoms with E-state index in [4.69, 9.17) is 9.73 Å². The fourth-order valence-corrected chi connectivity index (χ4v) is 3.23. The van der Waals surface area contributed by atoms with Crippen LogP contribution in [0.25, 0.3) is 0 Å². The third-order valence-corrected chi connectivity index (χ3v) is 6.33. The molecule has 0 saturated heterocycles. The Bertz CT molecular complexity index is 816. The van der Waals surface area contributed by atoms with E-state index in [1.807, 2.05) is 0 Å². The largest absolute Gasteiger partial charge is 0.347 e. The van der Waals surface area contributed by atoms with E-state index in [2.05, 4.69) is 17.0 Å². The standard InChI is InChI=1S/C15H18F2N2O5S/c1-14(13(20)18-21,25(2,22)23)6-5-11-7-12(24-19-11)4-3-10-8-15(16,17)9-10/h7,10,21H,5-6,8-9H2,1-2H3,(H,18,20). The van der Waals surface area contributed by atoms with Crippen LogP contribution in [-0.2, 0) is 21.1 Å². The molecule has 1 unspecified atom stereocenters. The van der Waals surface area contributed by atoms with Crippen LogP contribution in [0.5, 0.6) is 0 Å². The van der Waals surface area contributed by atoms with E-state index in [0.29, 0.717) is 5.69 Å². The molecule has 0 radical (unpaired) electrons. The summed E-state index contributed by atoms with van der Waals surface area (Å²) in [5.41, 5.74) is 1.72. The molecule has 25 heavy (non-hydrogen) atoms. The summed E-state index contributed by atoms with van der Waals surface area (Å²) in [6.45, 7) is 1.20. The van der Waals surface area contributed by atoms with Crippen LogP contribution in [0.4, 0.5) is 8.78 Å². The van der Waals surface area contributed by atoms with Gasteiger partial charge in [0, 0.05) is 31.1 Å². The summed E-state index contributed by atoms with van der Waals surface area (Å²) >= 11 is 0. The fourth-order valence-electron chi connectivity index (χ4n) is 2.38. The lowest BCUT2D eigenvalue weighted by Gasteiger charge is -2.30. The first-order chi connectivity index (χ1) is 11.5. The van der Waals surface area contributed by atoms with Gasteiger partial charge in [-0.2, -0.15) is 0 Å². The van der Waals surface area contributed by atoms with Crippen LogP contribution in [0.15, 0.2) is 10.6 Å². The molecule has 7 nitrogen and oxygen atoms in total. The molecule has 0 bridgehead atoms. The Balaban J connectivity index is 2.01. The lowest BCUT2D eigenvalue weighted by Crippen LogP contribution is -2.49. The maximum atomic E-state index is 12.7. The van der Waals surface area contributed by atoms with Gasteiger partial charge in [-0.15, -0.1) is 0 Å². The monoisotopic (exact) mass is 376 g/mol. The number of aryl methyl sites for hydroxylation is 1. The van der Waals surface area contributed by atoms with E-state index in [1.54, 1.807) is 0 Å². The summed E-state index contributed by atoms with van der Waals surface area (Å²) in [6, 6.07) is 1.46. The van der Waals surface area contributed by atoms with Crippen LogP contribution in [0, 0.1) is 17.8 Å². The molecular weight excluding hydrogens is 358 g/mol. The molecule has 1 saturated carbocycles. The molecule has 1 heterocycles. The van der Waals surface area contributed by atoms with Crippen molar-refractivity contribution in [1.29, 1.82) is 0 Å². The van der Waals surface area contributed by atoms with Crippen molar-refractivity contribution in [3.8, 4) is 11.8 Å². The number of hydrogen-bond donors (Lipinski definition) is 2. The van der Waals surface area contributed by atoms with Gasteiger partial charge in [-0.05, 0) is 25.7 Å². The molecule has 1 aliphatic carbocycles. The van der Waals surface area contributed by atoms with Crippen molar-refractivity contribution in [2.45, 2.75) is 43.3 Å². The van der Waals surface area contributed by atoms with Crippen LogP contribution in [-0.4, -0.2) is 41.6 Å². The first-order valence-electron chi connectivity index (χ1n) is 7.46. The summed E-state index contributed by atoms with van der Waals surface area (Å²) in [4.78, 5) is 11.7. The van der Waals surface area contributed by atoms with Crippen LogP contribution in [0.1, 0.15) is 37.6 Å². The van der Waals surface area contributed by atoms with Crippen molar-refractivity contribution in [3.05, 3.63) is 17.5 Å². The van der Waals surface area contributed by atoms with E-state index in [0.717, 1.165) is 6.26 Å². The number of alkyl halides is 2. The number of nitrogens with one attached hydrogen (secondary N) is 1. The molecule has 10 heteroatoms. The van der Waals surface area contributed by atoms with E-state index in [-0.39, 0.29) is 37.4 Å². The molecule has 1 atom stereocenters. The van der Waals surface area contributed by atoms with Crippen molar-refractivity contribution < 1.29 is 31.7 Å². The highest BCUT2D eigenvalue weighted by atomic mass is 32.2. The molecule has 0 aliphatic heterocycles. The molecule has 2 rings (SSSR count). The zero-order valence-corrected chi connectivity index (χ0v) is 14.5. The molecule has 1 aromatic rings. The molecule has 1 aliphatic rings. The quantitative estimate of drug-likeness (QED) is 0.456. The second-order valence-corrected chi connectivity index (χ2v) is 8.80. The average molecular weight is 376 g/mol. The highest BCUT2D eigenvalue weighted by Crippen LogP contribution is 2.41. The van der Waals surface area contributed by atoms with Crippen molar-refractivity contribution >= 4 is 15.7 Å². The minimum Gasteiger partial charge on any atom is -0.347 e. The molecule has 138 valence electrons. The van der Waals surface area contributed by atoms with E-state index < -0.39 is 26.4 Å². The van der Waals surface area contributed by atoms with Gasteiger partial charge >= 0.3 is 0 Å². The lowest BCUT2D eigenvalue weighted by molar-refractivity contribution is -0.131. The third kappa shape index (κ3) is 4.35. The van der Waals surface area contributed by atoms with Gasteiger partial charge in [0.1, 0.15) is 4.75 Å². The van der Waals surface area contributed by atoms with E-state index in [1.165, 1.54) is 18.5 Å². The highest BCUT2D eigenvalue weighted by Gasteiger charge is 2.44. The van der Waals surface area contributed by atoms with Gasteiger partial charge in [0.2, 0.25) is 5.76 Å². The Morgan fingerprint density at radius 2 is 2.20 bits per heavy atom. The number of hydroxylamine groups is 1. The normalized spacial score (nSPS) is 19.2. The number of sulfone groups is 1. The van der Waals surface area contributed by atoms with Gasteiger partial charge in [0.15, 0.2) is 9.84 Å². The molecule has 1 fully saturated rings. The molecular formula is C15H18F2N2O5S. The number of nitrogens with zero attached hydrogens (tertiary/aromatic N) is 1.